The highest BCUT2D eigenvalue weighted by Gasteiger charge is 2.09. The van der Waals surface area contributed by atoms with E-state index in [1.165, 1.54) is 0 Å². The number of carbonyl (C=O) groups is 2. The lowest BCUT2D eigenvalue weighted by molar-refractivity contribution is -0.114. The third kappa shape index (κ3) is 5.12. The normalized spacial score (nSPS) is 10.3. The number of hydrogen-bond donors (Lipinski definition) is 3. The minimum atomic E-state index is -0.123. The number of hydrogen-bond acceptors (Lipinski definition) is 3. The van der Waals surface area contributed by atoms with Crippen molar-refractivity contribution < 1.29 is 9.59 Å². The second-order valence-corrected chi connectivity index (χ2v) is 5.93. The number of rotatable bonds is 6. The lowest BCUT2D eigenvalue weighted by Gasteiger charge is -2.13. The molecule has 0 aliphatic heterocycles. The van der Waals surface area contributed by atoms with Crippen LogP contribution in [0.15, 0.2) is 48.5 Å². The summed E-state index contributed by atoms with van der Waals surface area (Å²) in [5.41, 5.74) is 3.13. The molecule has 0 spiro atoms. The topological polar surface area (TPSA) is 70.2 Å². The molecule has 0 unspecified atom stereocenters. The van der Waals surface area contributed by atoms with Gasteiger partial charge >= 0.3 is 0 Å². The Morgan fingerprint density at radius 1 is 1.04 bits per heavy atom. The summed E-state index contributed by atoms with van der Waals surface area (Å²) in [6.07, 6.45) is 0. The summed E-state index contributed by atoms with van der Waals surface area (Å²) in [6, 6.07) is 14.8. The molecule has 2 aromatic rings. The van der Waals surface area contributed by atoms with E-state index in [0.717, 1.165) is 16.9 Å². The van der Waals surface area contributed by atoms with Gasteiger partial charge in [0.1, 0.15) is 0 Å². The van der Waals surface area contributed by atoms with Crippen LogP contribution in [0.2, 0.25) is 0 Å². The van der Waals surface area contributed by atoms with Gasteiger partial charge in [-0.3, -0.25) is 9.59 Å². The van der Waals surface area contributed by atoms with Crippen molar-refractivity contribution >= 4 is 23.2 Å². The van der Waals surface area contributed by atoms with Crippen LogP contribution in [0, 0.1) is 6.92 Å². The highest BCUT2D eigenvalue weighted by atomic mass is 16.2. The van der Waals surface area contributed by atoms with Crippen LogP contribution in [-0.4, -0.2) is 24.4 Å². The van der Waals surface area contributed by atoms with Gasteiger partial charge in [0.15, 0.2) is 0 Å². The molecule has 0 saturated carbocycles. The van der Waals surface area contributed by atoms with Gasteiger partial charge in [0.2, 0.25) is 5.91 Å². The molecule has 0 bridgehead atoms. The van der Waals surface area contributed by atoms with Crippen LogP contribution in [0.4, 0.5) is 11.4 Å². The molecule has 5 nitrogen and oxygen atoms in total. The summed E-state index contributed by atoms with van der Waals surface area (Å²) in [5, 5.41) is 8.77. The second kappa shape index (κ2) is 8.15. The molecule has 5 heteroatoms. The maximum absolute atomic E-state index is 12.0. The fourth-order valence-corrected chi connectivity index (χ4v) is 2.25. The zero-order valence-electron chi connectivity index (χ0n) is 14.2. The van der Waals surface area contributed by atoms with Gasteiger partial charge in [-0.2, -0.15) is 0 Å². The predicted octanol–water partition coefficient (Wildman–Crippen LogP) is 3.18. The molecule has 0 heterocycles. The van der Waals surface area contributed by atoms with Gasteiger partial charge in [-0.15, -0.1) is 0 Å². The van der Waals surface area contributed by atoms with Crippen LogP contribution in [0.3, 0.4) is 0 Å². The smallest absolute Gasteiger partial charge is 0.251 e. The summed E-state index contributed by atoms with van der Waals surface area (Å²) < 4.78 is 0. The van der Waals surface area contributed by atoms with E-state index in [-0.39, 0.29) is 24.4 Å². The van der Waals surface area contributed by atoms with Crippen LogP contribution in [0.5, 0.6) is 0 Å². The van der Waals surface area contributed by atoms with E-state index < -0.39 is 0 Å². The molecule has 0 saturated heterocycles. The first-order valence-corrected chi connectivity index (χ1v) is 7.96. The van der Waals surface area contributed by atoms with Gasteiger partial charge < -0.3 is 16.0 Å². The first-order chi connectivity index (χ1) is 11.5. The van der Waals surface area contributed by atoms with E-state index in [1.54, 1.807) is 6.07 Å². The molecule has 24 heavy (non-hydrogen) atoms. The van der Waals surface area contributed by atoms with Crippen molar-refractivity contribution in [3.05, 3.63) is 59.7 Å². The summed E-state index contributed by atoms with van der Waals surface area (Å²) in [4.78, 5) is 23.9. The largest absolute Gasteiger partial charge is 0.376 e. The molecule has 0 atom stereocenters. The molecule has 2 aromatic carbocycles. The van der Waals surface area contributed by atoms with Gasteiger partial charge in [-0.25, -0.2) is 0 Å². The maximum atomic E-state index is 12.0. The Kier molecular flexibility index (Phi) is 5.95. The van der Waals surface area contributed by atoms with Crippen molar-refractivity contribution in [2.45, 2.75) is 26.8 Å². The van der Waals surface area contributed by atoms with Gasteiger partial charge in [0, 0.05) is 23.0 Å². The third-order valence-corrected chi connectivity index (χ3v) is 3.41. The molecule has 3 N–H and O–H groups in total. The molecule has 126 valence electrons. The van der Waals surface area contributed by atoms with Crippen molar-refractivity contribution in [1.82, 2.24) is 5.32 Å². The highest BCUT2D eigenvalue weighted by Crippen LogP contribution is 2.16. The highest BCUT2D eigenvalue weighted by molar-refractivity contribution is 5.96. The fraction of sp³-hybridized carbons (Fsp3) is 0.263. The average molecular weight is 325 g/mol. The lowest BCUT2D eigenvalue weighted by atomic mass is 10.1. The Labute approximate surface area is 142 Å². The number of aryl methyl sites for hydroxylation is 1. The van der Waals surface area contributed by atoms with E-state index in [9.17, 15) is 9.59 Å². The maximum Gasteiger partial charge on any atom is 0.251 e. The van der Waals surface area contributed by atoms with E-state index in [2.05, 4.69) is 16.0 Å². The molecule has 0 aliphatic rings. The van der Waals surface area contributed by atoms with Gasteiger partial charge in [-0.05, 0) is 56.7 Å². The molecule has 2 rings (SSSR count). The predicted molar refractivity (Wildman–Crippen MR) is 97.3 cm³/mol. The monoisotopic (exact) mass is 325 g/mol. The molecule has 0 aliphatic carbocycles. The molecular formula is C19H23N3O2. The first-order valence-electron chi connectivity index (χ1n) is 7.96. The Hall–Kier alpha value is -2.82. The van der Waals surface area contributed by atoms with E-state index >= 15 is 0 Å². The Morgan fingerprint density at radius 3 is 2.38 bits per heavy atom. The van der Waals surface area contributed by atoms with Crippen LogP contribution < -0.4 is 16.0 Å². The molecule has 2 amide bonds. The SMILES string of the molecule is Cc1cc(C(=O)NC(C)C)ccc1NCC(=O)Nc1ccccc1. The van der Waals surface area contributed by atoms with Crippen LogP contribution in [0.1, 0.15) is 29.8 Å². The second-order valence-electron chi connectivity index (χ2n) is 5.93. The quantitative estimate of drug-likeness (QED) is 0.764. The van der Waals surface area contributed by atoms with Crippen LogP contribution >= 0.6 is 0 Å². The number of amides is 2. The number of nitrogens with one attached hydrogen (secondary N) is 3. The molecule has 0 fully saturated rings. The van der Waals surface area contributed by atoms with Gasteiger partial charge in [0.25, 0.3) is 5.91 Å². The Bertz CT molecular complexity index is 712. The zero-order valence-corrected chi connectivity index (χ0v) is 14.2. The Morgan fingerprint density at radius 2 is 1.75 bits per heavy atom. The van der Waals surface area contributed by atoms with Crippen molar-refractivity contribution in [3.8, 4) is 0 Å². The lowest BCUT2D eigenvalue weighted by Crippen LogP contribution is -2.30. The van der Waals surface area contributed by atoms with Crippen LogP contribution in [0.25, 0.3) is 0 Å². The fourth-order valence-electron chi connectivity index (χ4n) is 2.25. The number of benzene rings is 2. The number of para-hydroxylation sites is 1. The van der Waals surface area contributed by atoms with Crippen molar-refractivity contribution in [2.24, 2.45) is 0 Å². The molecular weight excluding hydrogens is 302 g/mol. The van der Waals surface area contributed by atoms with Crippen molar-refractivity contribution in [1.29, 1.82) is 0 Å². The molecule has 0 aromatic heterocycles. The minimum absolute atomic E-state index is 0.0947. The average Bonchev–Trinajstić information content (AvgIpc) is 2.54. The van der Waals surface area contributed by atoms with E-state index in [1.807, 2.05) is 63.2 Å². The van der Waals surface area contributed by atoms with E-state index in [0.29, 0.717) is 5.56 Å². The third-order valence-electron chi connectivity index (χ3n) is 3.41. The summed E-state index contributed by atoms with van der Waals surface area (Å²) in [6.45, 7) is 5.91. The molecule has 0 radical (unpaired) electrons. The van der Waals surface area contributed by atoms with Gasteiger partial charge in [-0.1, -0.05) is 18.2 Å². The van der Waals surface area contributed by atoms with Crippen molar-refractivity contribution in [2.75, 3.05) is 17.2 Å². The van der Waals surface area contributed by atoms with Crippen LogP contribution in [-0.2, 0) is 4.79 Å². The Balaban J connectivity index is 1.93. The summed E-state index contributed by atoms with van der Waals surface area (Å²) in [7, 11) is 0. The minimum Gasteiger partial charge on any atom is -0.376 e. The number of anilines is 2. The van der Waals surface area contributed by atoms with E-state index in [4.69, 9.17) is 0 Å². The first kappa shape index (κ1) is 17.5. The van der Waals surface area contributed by atoms with Gasteiger partial charge in [0.05, 0.1) is 6.54 Å². The summed E-state index contributed by atoms with van der Waals surface area (Å²) in [5.74, 6) is -0.219. The summed E-state index contributed by atoms with van der Waals surface area (Å²) >= 11 is 0. The standard InChI is InChI=1S/C19H23N3O2/c1-13(2)21-19(24)15-9-10-17(14(3)11-15)20-12-18(23)22-16-7-5-4-6-8-16/h4-11,13,20H,12H2,1-3H3,(H,21,24)(H,22,23). The number of carbonyl (C=O) groups excluding carboxylic acids is 2. The van der Waals surface area contributed by atoms with Crippen molar-refractivity contribution in [3.63, 3.8) is 0 Å². The zero-order chi connectivity index (χ0) is 17.5.